The zero-order chi connectivity index (χ0) is 18.6. The van der Waals surface area contributed by atoms with Gasteiger partial charge < -0.3 is 15.5 Å². The van der Waals surface area contributed by atoms with Crippen molar-refractivity contribution < 1.29 is 14.5 Å². The lowest BCUT2D eigenvalue weighted by Crippen LogP contribution is -2.54. The average molecular weight is 348 g/mol. The van der Waals surface area contributed by atoms with Gasteiger partial charge in [0.1, 0.15) is 0 Å². The maximum atomic E-state index is 12.5. The highest BCUT2D eigenvalue weighted by Gasteiger charge is 2.28. The number of amides is 2. The van der Waals surface area contributed by atoms with Crippen molar-refractivity contribution in [3.63, 3.8) is 0 Å². The number of nitrogens with two attached hydrogens (primary N) is 1. The van der Waals surface area contributed by atoms with E-state index in [9.17, 15) is 19.7 Å². The molecule has 0 saturated carbocycles. The summed E-state index contributed by atoms with van der Waals surface area (Å²) in [5.41, 5.74) is 6.30. The third-order valence-electron chi connectivity index (χ3n) is 4.25. The summed E-state index contributed by atoms with van der Waals surface area (Å²) in [6.45, 7) is 5.79. The molecule has 0 unspecified atom stereocenters. The first-order chi connectivity index (χ1) is 11.8. The normalized spacial score (nSPS) is 16.0. The minimum atomic E-state index is -0.503. The summed E-state index contributed by atoms with van der Waals surface area (Å²) in [6, 6.07) is 5.04. The highest BCUT2D eigenvalue weighted by molar-refractivity contribution is 5.94. The molecular weight excluding hydrogens is 324 g/mol. The summed E-state index contributed by atoms with van der Waals surface area (Å²) in [4.78, 5) is 38.3. The molecule has 0 bridgehead atoms. The number of carbonyl (C=O) groups is 2. The number of piperazine rings is 1. The molecule has 1 aromatic carbocycles. The first-order valence-corrected chi connectivity index (χ1v) is 8.37. The molecule has 1 fully saturated rings. The number of non-ortho nitro benzene ring substituents is 1. The number of carbonyl (C=O) groups excluding carboxylic acids is 2. The van der Waals surface area contributed by atoms with E-state index in [1.54, 1.807) is 9.80 Å². The lowest BCUT2D eigenvalue weighted by Gasteiger charge is -2.36. The van der Waals surface area contributed by atoms with Crippen LogP contribution in [0.3, 0.4) is 0 Å². The van der Waals surface area contributed by atoms with E-state index >= 15 is 0 Å². The quantitative estimate of drug-likeness (QED) is 0.636. The van der Waals surface area contributed by atoms with Crippen LogP contribution in [0.1, 0.15) is 30.6 Å². The molecule has 2 N–H and O–H groups in total. The Hall–Kier alpha value is -2.48. The smallest absolute Gasteiger partial charge is 0.269 e. The van der Waals surface area contributed by atoms with Crippen LogP contribution in [-0.2, 0) is 4.79 Å². The van der Waals surface area contributed by atoms with Gasteiger partial charge in [0, 0.05) is 43.9 Å². The Morgan fingerprint density at radius 1 is 1.12 bits per heavy atom. The molecule has 136 valence electrons. The largest absolute Gasteiger partial charge is 0.338 e. The first-order valence-electron chi connectivity index (χ1n) is 8.37. The summed E-state index contributed by atoms with van der Waals surface area (Å²) >= 11 is 0. The fourth-order valence-corrected chi connectivity index (χ4v) is 2.88. The van der Waals surface area contributed by atoms with E-state index in [2.05, 4.69) is 0 Å². The number of hydrogen-bond donors (Lipinski definition) is 1. The first kappa shape index (κ1) is 18.9. The van der Waals surface area contributed by atoms with Crippen LogP contribution in [0.2, 0.25) is 0 Å². The SMILES string of the molecule is CC(C)C[C@H](N)C(=O)N1CCN(C(=O)c2ccc([N+](=O)[O-])cc2)CC1. The van der Waals surface area contributed by atoms with Crippen LogP contribution in [0.25, 0.3) is 0 Å². The molecular formula is C17H24N4O4. The molecule has 1 heterocycles. The van der Waals surface area contributed by atoms with Crippen LogP contribution in [0, 0.1) is 16.0 Å². The van der Waals surface area contributed by atoms with Gasteiger partial charge in [0.15, 0.2) is 0 Å². The molecule has 0 aliphatic carbocycles. The van der Waals surface area contributed by atoms with Gasteiger partial charge in [0.05, 0.1) is 11.0 Å². The molecule has 8 heteroatoms. The Kier molecular flexibility index (Phi) is 6.08. The van der Waals surface area contributed by atoms with Crippen molar-refractivity contribution >= 4 is 17.5 Å². The van der Waals surface area contributed by atoms with Crippen molar-refractivity contribution in [2.45, 2.75) is 26.3 Å². The third kappa shape index (κ3) is 4.76. The molecule has 2 rings (SSSR count). The summed E-state index contributed by atoms with van der Waals surface area (Å²) < 4.78 is 0. The fourth-order valence-electron chi connectivity index (χ4n) is 2.88. The lowest BCUT2D eigenvalue weighted by atomic mass is 10.0. The second-order valence-electron chi connectivity index (χ2n) is 6.66. The minimum Gasteiger partial charge on any atom is -0.338 e. The molecule has 0 spiro atoms. The molecule has 1 aromatic rings. The maximum absolute atomic E-state index is 12.5. The van der Waals surface area contributed by atoms with Crippen LogP contribution in [0.5, 0.6) is 0 Å². The van der Waals surface area contributed by atoms with Gasteiger partial charge in [-0.25, -0.2) is 0 Å². The molecule has 1 aliphatic heterocycles. The molecule has 0 radical (unpaired) electrons. The molecule has 1 atom stereocenters. The molecule has 1 saturated heterocycles. The molecule has 2 amide bonds. The average Bonchev–Trinajstić information content (AvgIpc) is 2.60. The summed E-state index contributed by atoms with van der Waals surface area (Å²) in [5.74, 6) is 0.0913. The van der Waals surface area contributed by atoms with E-state index in [1.807, 2.05) is 13.8 Å². The molecule has 8 nitrogen and oxygen atoms in total. The third-order valence-corrected chi connectivity index (χ3v) is 4.25. The predicted molar refractivity (Wildman–Crippen MR) is 93.0 cm³/mol. The number of nitrogens with zero attached hydrogens (tertiary/aromatic N) is 3. The van der Waals surface area contributed by atoms with E-state index in [0.29, 0.717) is 44.1 Å². The summed E-state index contributed by atoms with van der Waals surface area (Å²) in [6.07, 6.45) is 0.640. The van der Waals surface area contributed by atoms with Crippen molar-refractivity contribution in [2.75, 3.05) is 26.2 Å². The van der Waals surface area contributed by atoms with Crippen LogP contribution < -0.4 is 5.73 Å². The zero-order valence-corrected chi connectivity index (χ0v) is 14.6. The highest BCUT2D eigenvalue weighted by Crippen LogP contribution is 2.15. The molecule has 0 aromatic heterocycles. The van der Waals surface area contributed by atoms with Gasteiger partial charge in [-0.2, -0.15) is 0 Å². The van der Waals surface area contributed by atoms with Gasteiger partial charge in [0.2, 0.25) is 5.91 Å². The Balaban J connectivity index is 1.91. The van der Waals surface area contributed by atoms with E-state index in [4.69, 9.17) is 5.73 Å². The lowest BCUT2D eigenvalue weighted by molar-refractivity contribution is -0.384. The summed E-state index contributed by atoms with van der Waals surface area (Å²) in [5, 5.41) is 10.7. The van der Waals surface area contributed by atoms with E-state index < -0.39 is 11.0 Å². The summed E-state index contributed by atoms with van der Waals surface area (Å²) in [7, 11) is 0. The predicted octanol–water partition coefficient (Wildman–Crippen LogP) is 1.25. The molecule has 25 heavy (non-hydrogen) atoms. The van der Waals surface area contributed by atoms with Gasteiger partial charge in [-0.15, -0.1) is 0 Å². The van der Waals surface area contributed by atoms with E-state index in [1.165, 1.54) is 24.3 Å². The zero-order valence-electron chi connectivity index (χ0n) is 14.6. The Labute approximate surface area is 146 Å². The van der Waals surface area contributed by atoms with Crippen molar-refractivity contribution in [3.8, 4) is 0 Å². The van der Waals surface area contributed by atoms with Crippen molar-refractivity contribution in [1.29, 1.82) is 0 Å². The van der Waals surface area contributed by atoms with Crippen LogP contribution in [0.4, 0.5) is 5.69 Å². The monoisotopic (exact) mass is 348 g/mol. The number of nitro benzene ring substituents is 1. The number of rotatable bonds is 5. The van der Waals surface area contributed by atoms with Crippen molar-refractivity contribution in [1.82, 2.24) is 9.80 Å². The second-order valence-corrected chi connectivity index (χ2v) is 6.66. The van der Waals surface area contributed by atoms with Gasteiger partial charge in [-0.05, 0) is 24.5 Å². The highest BCUT2D eigenvalue weighted by atomic mass is 16.6. The Morgan fingerprint density at radius 2 is 1.64 bits per heavy atom. The maximum Gasteiger partial charge on any atom is 0.269 e. The Morgan fingerprint density at radius 3 is 2.12 bits per heavy atom. The number of benzene rings is 1. The number of hydrogen-bond acceptors (Lipinski definition) is 5. The Bertz CT molecular complexity index is 637. The van der Waals surface area contributed by atoms with E-state index in [-0.39, 0.29) is 17.5 Å². The van der Waals surface area contributed by atoms with Gasteiger partial charge in [0.25, 0.3) is 11.6 Å². The second kappa shape index (κ2) is 8.06. The molecule has 1 aliphatic rings. The van der Waals surface area contributed by atoms with Crippen LogP contribution in [-0.4, -0.2) is 58.8 Å². The van der Waals surface area contributed by atoms with E-state index in [0.717, 1.165) is 0 Å². The van der Waals surface area contributed by atoms with Gasteiger partial charge in [-0.1, -0.05) is 13.8 Å². The van der Waals surface area contributed by atoms with Crippen molar-refractivity contribution in [3.05, 3.63) is 39.9 Å². The van der Waals surface area contributed by atoms with Crippen LogP contribution >= 0.6 is 0 Å². The topological polar surface area (TPSA) is 110 Å². The standard InChI is InChI=1S/C17H24N4O4/c1-12(2)11-15(18)17(23)20-9-7-19(8-10-20)16(22)13-3-5-14(6-4-13)21(24)25/h3-6,12,15H,7-11,18H2,1-2H3/t15-/m0/s1. The minimum absolute atomic E-state index is 0.0499. The van der Waals surface area contributed by atoms with Crippen LogP contribution in [0.15, 0.2) is 24.3 Å². The van der Waals surface area contributed by atoms with Crippen molar-refractivity contribution in [2.24, 2.45) is 11.7 Å². The van der Waals surface area contributed by atoms with Gasteiger partial charge >= 0.3 is 0 Å². The number of nitro groups is 1. The van der Waals surface area contributed by atoms with Gasteiger partial charge in [-0.3, -0.25) is 19.7 Å². The fraction of sp³-hybridized carbons (Fsp3) is 0.529.